The van der Waals surface area contributed by atoms with Crippen LogP contribution >= 0.6 is 11.3 Å². The third-order valence-electron chi connectivity index (χ3n) is 1.52. The number of methoxy groups -OCH3 is 1. The Bertz CT molecular complexity index is 515. The first-order chi connectivity index (χ1) is 7.43. The van der Waals surface area contributed by atoms with E-state index in [2.05, 4.69) is 9.58 Å². The summed E-state index contributed by atoms with van der Waals surface area (Å²) in [6.45, 7) is 8.53. The van der Waals surface area contributed by atoms with Crippen LogP contribution in [-0.2, 0) is 15.3 Å². The first kappa shape index (κ1) is 14.3. The molecule has 1 heterocycles. The fourth-order valence-electron chi connectivity index (χ4n) is 0.828. The molecule has 0 amide bonds. The normalized spacial score (nSPS) is 8.31. The van der Waals surface area contributed by atoms with Gasteiger partial charge in [-0.05, 0) is 17.9 Å². The first-order valence-corrected chi connectivity index (χ1v) is 5.62. The van der Waals surface area contributed by atoms with Crippen molar-refractivity contribution in [1.29, 1.82) is 0 Å². The zero-order valence-electron chi connectivity index (χ0n) is 8.38. The van der Waals surface area contributed by atoms with E-state index >= 15 is 0 Å². The Balaban J connectivity index is 0.000000487. The Labute approximate surface area is 97.4 Å². The zero-order chi connectivity index (χ0) is 12.7. The van der Waals surface area contributed by atoms with Crippen molar-refractivity contribution in [3.8, 4) is 0 Å². The molecular formula is C8H7NO5S2. The molecule has 0 radical (unpaired) electrons. The van der Waals surface area contributed by atoms with E-state index in [1.54, 1.807) is 12.3 Å². The summed E-state index contributed by atoms with van der Waals surface area (Å²) in [5.41, 5.74) is 1.20. The van der Waals surface area contributed by atoms with Crippen LogP contribution in [0.25, 0.3) is 4.85 Å². The van der Waals surface area contributed by atoms with Crippen LogP contribution in [0, 0.1) is 13.5 Å². The van der Waals surface area contributed by atoms with Crippen molar-refractivity contribution in [2.45, 2.75) is 6.92 Å². The summed E-state index contributed by atoms with van der Waals surface area (Å²) in [6, 6.07) is 0. The molecule has 0 unspecified atom stereocenters. The standard InChI is InChI=1S/C8H7NO2S.O3S/c1-5-6(8(10)11-3)4-12-7(5)9-2;1-4(2)3/h4H,1,3H3;. The molecule has 16 heavy (non-hydrogen) atoms. The van der Waals surface area contributed by atoms with Gasteiger partial charge in [0.15, 0.2) is 0 Å². The highest BCUT2D eigenvalue weighted by atomic mass is 32.2. The summed E-state index contributed by atoms with van der Waals surface area (Å²) in [6.07, 6.45) is 0. The van der Waals surface area contributed by atoms with Gasteiger partial charge >= 0.3 is 16.6 Å². The lowest BCUT2D eigenvalue weighted by molar-refractivity contribution is 0.0600. The van der Waals surface area contributed by atoms with Crippen molar-refractivity contribution in [3.63, 3.8) is 0 Å². The number of thiophene rings is 1. The molecule has 0 fully saturated rings. The Morgan fingerprint density at radius 2 is 2.00 bits per heavy atom. The van der Waals surface area contributed by atoms with Gasteiger partial charge in [-0.2, -0.15) is 11.3 Å². The molecule has 0 saturated heterocycles. The number of hydrogen-bond acceptors (Lipinski definition) is 6. The van der Waals surface area contributed by atoms with Gasteiger partial charge in [0.1, 0.15) is 0 Å². The highest BCUT2D eigenvalue weighted by Crippen LogP contribution is 2.30. The van der Waals surface area contributed by atoms with Gasteiger partial charge in [-0.3, -0.25) is 0 Å². The van der Waals surface area contributed by atoms with E-state index in [9.17, 15) is 4.79 Å². The molecule has 0 saturated carbocycles. The third kappa shape index (κ3) is 4.20. The van der Waals surface area contributed by atoms with Crippen molar-refractivity contribution >= 4 is 32.9 Å². The summed E-state index contributed by atoms with van der Waals surface area (Å²) in [7, 11) is -1.78. The molecule has 1 rings (SSSR count). The molecule has 0 spiro atoms. The Morgan fingerprint density at radius 1 is 1.50 bits per heavy atom. The van der Waals surface area contributed by atoms with Crippen LogP contribution in [-0.4, -0.2) is 25.7 Å². The molecule has 86 valence electrons. The monoisotopic (exact) mass is 261 g/mol. The lowest BCUT2D eigenvalue weighted by atomic mass is 10.2. The van der Waals surface area contributed by atoms with Crippen molar-refractivity contribution in [2.24, 2.45) is 0 Å². The second-order valence-electron chi connectivity index (χ2n) is 2.39. The van der Waals surface area contributed by atoms with Crippen LogP contribution in [0.15, 0.2) is 5.38 Å². The molecule has 6 nitrogen and oxygen atoms in total. The van der Waals surface area contributed by atoms with E-state index in [1.807, 2.05) is 0 Å². The van der Waals surface area contributed by atoms with Crippen molar-refractivity contribution < 1.29 is 22.2 Å². The second kappa shape index (κ2) is 6.71. The number of hydrogen-bond donors (Lipinski definition) is 0. The van der Waals surface area contributed by atoms with E-state index in [0.717, 1.165) is 0 Å². The fraction of sp³-hybridized carbons (Fsp3) is 0.250. The SMILES string of the molecule is O=S(=O)=O.[C-]#[N+]c1scc(C(=O)OC)c1C. The topological polar surface area (TPSA) is 81.9 Å². The summed E-state index contributed by atoms with van der Waals surface area (Å²) >= 11 is 1.26. The van der Waals surface area contributed by atoms with Crippen LogP contribution in [0.4, 0.5) is 5.00 Å². The molecule has 0 aromatic carbocycles. The molecule has 0 atom stereocenters. The maximum Gasteiger partial charge on any atom is 0.425 e. The van der Waals surface area contributed by atoms with E-state index in [1.165, 1.54) is 18.4 Å². The summed E-state index contributed by atoms with van der Waals surface area (Å²) in [5.74, 6) is -0.376. The predicted octanol–water partition coefficient (Wildman–Crippen LogP) is 1.39. The van der Waals surface area contributed by atoms with Crippen LogP contribution in [0.3, 0.4) is 0 Å². The number of nitrogens with zero attached hydrogens (tertiary/aromatic N) is 1. The highest BCUT2D eigenvalue weighted by molar-refractivity contribution is 7.59. The average Bonchev–Trinajstić information content (AvgIpc) is 2.57. The lowest BCUT2D eigenvalue weighted by Gasteiger charge is -1.95. The number of carbonyl (C=O) groups excluding carboxylic acids is 1. The van der Waals surface area contributed by atoms with Gasteiger partial charge in [-0.1, -0.05) is 0 Å². The minimum absolute atomic E-state index is 0.376. The van der Waals surface area contributed by atoms with Gasteiger partial charge in [0.25, 0.3) is 0 Å². The van der Waals surface area contributed by atoms with Crippen molar-refractivity contribution in [3.05, 3.63) is 27.9 Å². The largest absolute Gasteiger partial charge is 0.465 e. The lowest BCUT2D eigenvalue weighted by Crippen LogP contribution is -2.00. The molecule has 0 aliphatic heterocycles. The zero-order valence-corrected chi connectivity index (χ0v) is 10.0. The average molecular weight is 261 g/mol. The van der Waals surface area contributed by atoms with Crippen LogP contribution < -0.4 is 0 Å². The molecule has 0 aliphatic rings. The summed E-state index contributed by atoms with van der Waals surface area (Å²) in [4.78, 5) is 14.3. The first-order valence-electron chi connectivity index (χ1n) is 3.74. The molecular weight excluding hydrogens is 254 g/mol. The van der Waals surface area contributed by atoms with E-state index < -0.39 is 10.6 Å². The Hall–Kier alpha value is -1.72. The van der Waals surface area contributed by atoms with Crippen LogP contribution in [0.5, 0.6) is 0 Å². The van der Waals surface area contributed by atoms with Crippen molar-refractivity contribution in [2.75, 3.05) is 7.11 Å². The Morgan fingerprint density at radius 3 is 2.31 bits per heavy atom. The number of esters is 1. The van der Waals surface area contributed by atoms with Crippen molar-refractivity contribution in [1.82, 2.24) is 0 Å². The van der Waals surface area contributed by atoms with Gasteiger partial charge in [-0.25, -0.2) is 9.64 Å². The minimum Gasteiger partial charge on any atom is -0.465 e. The predicted molar refractivity (Wildman–Crippen MR) is 56.4 cm³/mol. The quantitative estimate of drug-likeness (QED) is 0.563. The maximum atomic E-state index is 11.0. The molecule has 0 N–H and O–H groups in total. The number of carbonyl (C=O) groups is 1. The molecule has 1 aromatic rings. The Kier molecular flexibility index (Phi) is 5.99. The number of ether oxygens (including phenoxy) is 1. The molecule has 8 heteroatoms. The summed E-state index contributed by atoms with van der Waals surface area (Å²) in [5, 5.41) is 2.20. The maximum absolute atomic E-state index is 11.0. The van der Waals surface area contributed by atoms with Gasteiger partial charge < -0.3 is 4.74 Å². The second-order valence-corrected chi connectivity index (χ2v) is 3.65. The number of rotatable bonds is 1. The van der Waals surface area contributed by atoms with E-state index in [0.29, 0.717) is 16.1 Å². The van der Waals surface area contributed by atoms with E-state index in [-0.39, 0.29) is 5.97 Å². The van der Waals surface area contributed by atoms with Gasteiger partial charge in [0.05, 0.1) is 19.2 Å². The summed E-state index contributed by atoms with van der Waals surface area (Å²) < 4.78 is 29.9. The van der Waals surface area contributed by atoms with Crippen LogP contribution in [0.2, 0.25) is 0 Å². The van der Waals surface area contributed by atoms with Gasteiger partial charge in [-0.15, -0.1) is 12.6 Å². The van der Waals surface area contributed by atoms with Crippen LogP contribution in [0.1, 0.15) is 15.9 Å². The van der Waals surface area contributed by atoms with Gasteiger partial charge in [0.2, 0.25) is 5.00 Å². The minimum atomic E-state index is -3.11. The van der Waals surface area contributed by atoms with E-state index in [4.69, 9.17) is 19.2 Å². The molecule has 0 bridgehead atoms. The van der Waals surface area contributed by atoms with Gasteiger partial charge in [0, 0.05) is 0 Å². The third-order valence-corrected chi connectivity index (χ3v) is 2.49. The molecule has 1 aromatic heterocycles. The smallest absolute Gasteiger partial charge is 0.425 e. The highest BCUT2D eigenvalue weighted by Gasteiger charge is 2.13. The molecule has 0 aliphatic carbocycles. The fourth-order valence-corrected chi connectivity index (χ4v) is 1.67.